The smallest absolute Gasteiger partial charge is 0.132 e. The zero-order valence-electron chi connectivity index (χ0n) is 11.6. The summed E-state index contributed by atoms with van der Waals surface area (Å²) in [4.78, 5) is 0. The minimum Gasteiger partial charge on any atom is -0.471 e. The zero-order valence-corrected chi connectivity index (χ0v) is 12.6. The minimum atomic E-state index is -1.56. The van der Waals surface area contributed by atoms with Gasteiger partial charge < -0.3 is 4.42 Å². The maximum Gasteiger partial charge on any atom is 0.132 e. The summed E-state index contributed by atoms with van der Waals surface area (Å²) >= 11 is 0. The molecule has 1 aromatic heterocycles. The number of aryl methyl sites for hydroxylation is 1. The lowest BCUT2D eigenvalue weighted by molar-refractivity contribution is 0.555. The third-order valence-corrected chi connectivity index (χ3v) is 8.95. The van der Waals surface area contributed by atoms with Crippen molar-refractivity contribution in [3.8, 4) is 0 Å². The normalized spacial score (nSPS) is 13.7. The molecule has 0 bridgehead atoms. The number of furan rings is 1. The summed E-state index contributed by atoms with van der Waals surface area (Å²) in [5.41, 5.74) is 1.27. The molecule has 90 valence electrons. The van der Waals surface area contributed by atoms with Crippen molar-refractivity contribution < 1.29 is 4.42 Å². The monoisotopic (exact) mass is 236 g/mol. The molecule has 0 aliphatic rings. The fourth-order valence-electron chi connectivity index (χ4n) is 1.67. The molecular formula is C14H24OSi. The third-order valence-electron chi connectivity index (χ3n) is 3.67. The lowest BCUT2D eigenvalue weighted by Crippen LogP contribution is -2.49. The first-order chi connectivity index (χ1) is 7.20. The molecular weight excluding hydrogens is 212 g/mol. The van der Waals surface area contributed by atoms with Crippen LogP contribution in [0.4, 0.5) is 0 Å². The maximum absolute atomic E-state index is 5.97. The van der Waals surface area contributed by atoms with Gasteiger partial charge in [-0.05, 0) is 25.0 Å². The topological polar surface area (TPSA) is 13.1 Å². The fraction of sp³-hybridized carbons (Fsp3) is 0.571. The van der Waals surface area contributed by atoms with Crippen molar-refractivity contribution in [2.24, 2.45) is 0 Å². The van der Waals surface area contributed by atoms with Gasteiger partial charge in [0.25, 0.3) is 0 Å². The number of allylic oxidation sites excluding steroid dienone is 1. The standard InChI is InChI=1S/C14H24OSi/c1-8-9-12-10-11(2)15-13(12)16(6,7)14(3,4)5/h8-10H,1-7H3/b9-8+. The summed E-state index contributed by atoms with van der Waals surface area (Å²) in [6.07, 6.45) is 4.24. The van der Waals surface area contributed by atoms with Gasteiger partial charge in [-0.2, -0.15) is 0 Å². The Bertz CT molecular complexity index is 391. The molecule has 0 amide bonds. The quantitative estimate of drug-likeness (QED) is 0.696. The molecule has 16 heavy (non-hydrogen) atoms. The van der Waals surface area contributed by atoms with E-state index in [1.807, 2.05) is 6.92 Å². The first-order valence-corrected chi connectivity index (χ1v) is 8.93. The Morgan fingerprint density at radius 3 is 2.25 bits per heavy atom. The van der Waals surface area contributed by atoms with Crippen LogP contribution in [0.2, 0.25) is 18.1 Å². The van der Waals surface area contributed by atoms with Crippen LogP contribution in [0.25, 0.3) is 6.08 Å². The van der Waals surface area contributed by atoms with E-state index in [0.717, 1.165) is 5.76 Å². The summed E-state index contributed by atoms with van der Waals surface area (Å²) in [5, 5.41) is 1.55. The van der Waals surface area contributed by atoms with Crippen LogP contribution in [0.1, 0.15) is 39.0 Å². The van der Waals surface area contributed by atoms with Crippen LogP contribution in [0, 0.1) is 6.92 Å². The van der Waals surface area contributed by atoms with Crippen molar-refractivity contribution in [1.82, 2.24) is 0 Å². The molecule has 0 unspecified atom stereocenters. The van der Waals surface area contributed by atoms with Crippen molar-refractivity contribution >= 4 is 19.5 Å². The largest absolute Gasteiger partial charge is 0.471 e. The second-order valence-electron chi connectivity index (χ2n) is 6.02. The molecule has 1 rings (SSSR count). The van der Waals surface area contributed by atoms with E-state index in [9.17, 15) is 0 Å². The van der Waals surface area contributed by atoms with Gasteiger partial charge in [-0.25, -0.2) is 0 Å². The number of rotatable bonds is 2. The molecule has 0 spiro atoms. The van der Waals surface area contributed by atoms with Gasteiger partial charge in [-0.3, -0.25) is 0 Å². The molecule has 0 radical (unpaired) electrons. The van der Waals surface area contributed by atoms with Crippen LogP contribution in [-0.2, 0) is 0 Å². The van der Waals surface area contributed by atoms with E-state index in [1.165, 1.54) is 10.9 Å². The summed E-state index contributed by atoms with van der Waals surface area (Å²) in [5.74, 6) is 1.02. The minimum absolute atomic E-state index is 0.313. The van der Waals surface area contributed by atoms with E-state index in [2.05, 4.69) is 59.0 Å². The molecule has 0 N–H and O–H groups in total. The van der Waals surface area contributed by atoms with Crippen molar-refractivity contribution in [2.45, 2.75) is 52.8 Å². The summed E-state index contributed by atoms with van der Waals surface area (Å²) < 4.78 is 5.97. The number of hydrogen-bond acceptors (Lipinski definition) is 1. The fourth-order valence-corrected chi connectivity index (χ4v) is 3.64. The van der Waals surface area contributed by atoms with Crippen LogP contribution in [0.15, 0.2) is 16.6 Å². The maximum atomic E-state index is 5.97. The number of hydrogen-bond donors (Lipinski definition) is 0. The van der Waals surface area contributed by atoms with Crippen LogP contribution in [0.5, 0.6) is 0 Å². The Hall–Kier alpha value is -0.763. The van der Waals surface area contributed by atoms with Gasteiger partial charge in [-0.1, -0.05) is 46.0 Å². The zero-order chi connectivity index (χ0) is 12.6. The average Bonchev–Trinajstić information content (AvgIpc) is 2.46. The molecule has 2 heteroatoms. The van der Waals surface area contributed by atoms with Gasteiger partial charge in [0.15, 0.2) is 0 Å². The Balaban J connectivity index is 3.32. The van der Waals surface area contributed by atoms with Crippen LogP contribution < -0.4 is 5.38 Å². The summed E-state index contributed by atoms with van der Waals surface area (Å²) in [6, 6.07) is 2.15. The van der Waals surface area contributed by atoms with Crippen LogP contribution in [0.3, 0.4) is 0 Å². The first-order valence-electron chi connectivity index (χ1n) is 5.93. The van der Waals surface area contributed by atoms with Gasteiger partial charge in [0.2, 0.25) is 0 Å². The van der Waals surface area contributed by atoms with E-state index in [4.69, 9.17) is 4.42 Å². The lowest BCUT2D eigenvalue weighted by atomic mass is 10.2. The molecule has 0 fully saturated rings. The second kappa shape index (κ2) is 4.25. The molecule has 1 aromatic rings. The first kappa shape index (κ1) is 13.3. The van der Waals surface area contributed by atoms with Crippen LogP contribution >= 0.6 is 0 Å². The highest BCUT2D eigenvalue weighted by Gasteiger charge is 2.41. The summed E-state index contributed by atoms with van der Waals surface area (Å²) in [7, 11) is -1.56. The molecule has 1 heterocycles. The molecule has 1 nitrogen and oxygen atoms in total. The highest BCUT2D eigenvalue weighted by molar-refractivity contribution is 6.91. The summed E-state index contributed by atoms with van der Waals surface area (Å²) in [6.45, 7) is 15.8. The molecule has 0 aromatic carbocycles. The SMILES string of the molecule is C/C=C/c1cc(C)oc1[Si](C)(C)C(C)(C)C. The van der Waals surface area contributed by atoms with Gasteiger partial charge in [0, 0.05) is 5.56 Å². The van der Waals surface area contributed by atoms with Crippen LogP contribution in [-0.4, -0.2) is 8.07 Å². The van der Waals surface area contributed by atoms with Crippen molar-refractivity contribution in [3.05, 3.63) is 23.5 Å². The van der Waals surface area contributed by atoms with E-state index in [1.54, 1.807) is 0 Å². The molecule has 0 aliphatic heterocycles. The predicted octanol–water partition coefficient (Wildman–Crippen LogP) is 4.34. The van der Waals surface area contributed by atoms with E-state index >= 15 is 0 Å². The Morgan fingerprint density at radius 2 is 1.81 bits per heavy atom. The van der Waals surface area contributed by atoms with Gasteiger partial charge >= 0.3 is 0 Å². The van der Waals surface area contributed by atoms with E-state index in [-0.39, 0.29) is 0 Å². The molecule has 0 aliphatic carbocycles. The predicted molar refractivity (Wildman–Crippen MR) is 75.0 cm³/mol. The van der Waals surface area contributed by atoms with Crippen molar-refractivity contribution in [3.63, 3.8) is 0 Å². The second-order valence-corrected chi connectivity index (χ2v) is 11.2. The molecule has 0 saturated carbocycles. The third kappa shape index (κ3) is 2.32. The highest BCUT2D eigenvalue weighted by Crippen LogP contribution is 2.36. The average molecular weight is 236 g/mol. The molecule has 0 atom stereocenters. The van der Waals surface area contributed by atoms with Gasteiger partial charge in [0.05, 0.1) is 5.38 Å². The van der Waals surface area contributed by atoms with E-state index < -0.39 is 8.07 Å². The van der Waals surface area contributed by atoms with E-state index in [0.29, 0.717) is 5.04 Å². The highest BCUT2D eigenvalue weighted by atomic mass is 28.3. The van der Waals surface area contributed by atoms with Crippen molar-refractivity contribution in [2.75, 3.05) is 0 Å². The Kier molecular flexibility index (Phi) is 3.53. The van der Waals surface area contributed by atoms with Gasteiger partial charge in [0.1, 0.15) is 13.8 Å². The Labute approximate surface area is 101 Å². The van der Waals surface area contributed by atoms with Crippen molar-refractivity contribution in [1.29, 1.82) is 0 Å². The van der Waals surface area contributed by atoms with Gasteiger partial charge in [-0.15, -0.1) is 0 Å². The lowest BCUT2D eigenvalue weighted by Gasteiger charge is -2.35. The molecule has 0 saturated heterocycles. The Morgan fingerprint density at radius 1 is 1.25 bits per heavy atom.